The summed E-state index contributed by atoms with van der Waals surface area (Å²) in [5, 5.41) is 2.20. The highest BCUT2D eigenvalue weighted by Crippen LogP contribution is 2.17. The Morgan fingerprint density at radius 1 is 1.22 bits per heavy atom. The molecule has 1 heterocycles. The van der Waals surface area contributed by atoms with Crippen LogP contribution in [0.2, 0.25) is 5.15 Å². The quantitative estimate of drug-likeness (QED) is 0.912. The predicted octanol–water partition coefficient (Wildman–Crippen LogP) is 2.66. The molecule has 1 amide bonds. The van der Waals surface area contributed by atoms with Crippen LogP contribution in [-0.2, 0) is 0 Å². The van der Waals surface area contributed by atoms with E-state index in [1.807, 2.05) is 0 Å². The van der Waals surface area contributed by atoms with Crippen molar-refractivity contribution in [3.63, 3.8) is 0 Å². The first-order valence-corrected chi connectivity index (χ1v) is 5.19. The standard InChI is InChI=1S/C11H6ClF2N3O/c12-9-10(16-5-4-15-9)17-11(18)6-2-1-3-7(13)8(6)14/h1-5H,(H,16,17,18). The van der Waals surface area contributed by atoms with Crippen LogP contribution in [-0.4, -0.2) is 15.9 Å². The van der Waals surface area contributed by atoms with E-state index in [4.69, 9.17) is 11.6 Å². The summed E-state index contributed by atoms with van der Waals surface area (Å²) >= 11 is 5.67. The summed E-state index contributed by atoms with van der Waals surface area (Å²) in [6, 6.07) is 3.30. The predicted molar refractivity (Wildman–Crippen MR) is 61.4 cm³/mol. The molecule has 0 radical (unpaired) electrons. The van der Waals surface area contributed by atoms with Crippen molar-refractivity contribution in [3.05, 3.63) is 52.9 Å². The first kappa shape index (κ1) is 12.4. The average Bonchev–Trinajstić information content (AvgIpc) is 2.35. The molecule has 1 aromatic carbocycles. The van der Waals surface area contributed by atoms with Gasteiger partial charge in [0.2, 0.25) is 0 Å². The van der Waals surface area contributed by atoms with Gasteiger partial charge in [0, 0.05) is 12.4 Å². The molecule has 0 saturated heterocycles. The summed E-state index contributed by atoms with van der Waals surface area (Å²) in [5.41, 5.74) is -0.434. The number of nitrogens with one attached hydrogen (secondary N) is 1. The van der Waals surface area contributed by atoms with Crippen LogP contribution in [0, 0.1) is 11.6 Å². The van der Waals surface area contributed by atoms with Crippen molar-refractivity contribution in [3.8, 4) is 0 Å². The van der Waals surface area contributed by atoms with Crippen molar-refractivity contribution >= 4 is 23.3 Å². The molecule has 1 N–H and O–H groups in total. The fourth-order valence-corrected chi connectivity index (χ4v) is 1.41. The number of carbonyl (C=O) groups excluding carboxylic acids is 1. The van der Waals surface area contributed by atoms with E-state index in [1.54, 1.807) is 0 Å². The lowest BCUT2D eigenvalue weighted by Crippen LogP contribution is -2.15. The smallest absolute Gasteiger partial charge is 0.259 e. The molecule has 18 heavy (non-hydrogen) atoms. The Kier molecular flexibility index (Phi) is 3.47. The zero-order chi connectivity index (χ0) is 13.1. The topological polar surface area (TPSA) is 54.9 Å². The third kappa shape index (κ3) is 2.43. The Balaban J connectivity index is 2.28. The number of aromatic nitrogens is 2. The highest BCUT2D eigenvalue weighted by Gasteiger charge is 2.16. The third-order valence-corrected chi connectivity index (χ3v) is 2.36. The van der Waals surface area contributed by atoms with E-state index in [2.05, 4.69) is 15.3 Å². The Morgan fingerprint density at radius 3 is 2.67 bits per heavy atom. The zero-order valence-electron chi connectivity index (χ0n) is 8.82. The molecule has 0 unspecified atom stereocenters. The van der Waals surface area contributed by atoms with Crippen LogP contribution in [0.3, 0.4) is 0 Å². The highest BCUT2D eigenvalue weighted by atomic mass is 35.5. The molecule has 0 saturated carbocycles. The Labute approximate surface area is 106 Å². The van der Waals surface area contributed by atoms with Gasteiger partial charge in [0.05, 0.1) is 5.56 Å². The lowest BCUT2D eigenvalue weighted by atomic mass is 10.2. The number of halogens is 3. The van der Waals surface area contributed by atoms with Crippen molar-refractivity contribution in [2.45, 2.75) is 0 Å². The second-order valence-electron chi connectivity index (χ2n) is 3.25. The fraction of sp³-hybridized carbons (Fsp3) is 0. The Morgan fingerprint density at radius 2 is 1.94 bits per heavy atom. The van der Waals surface area contributed by atoms with Crippen LogP contribution in [0.1, 0.15) is 10.4 Å². The molecule has 0 aliphatic carbocycles. The van der Waals surface area contributed by atoms with E-state index in [0.29, 0.717) is 0 Å². The first-order chi connectivity index (χ1) is 8.59. The van der Waals surface area contributed by atoms with Crippen LogP contribution in [0.5, 0.6) is 0 Å². The molecule has 0 bridgehead atoms. The number of anilines is 1. The van der Waals surface area contributed by atoms with Crippen LogP contribution < -0.4 is 5.32 Å². The van der Waals surface area contributed by atoms with E-state index in [-0.39, 0.29) is 11.0 Å². The fourth-order valence-electron chi connectivity index (χ4n) is 1.26. The molecule has 92 valence electrons. The van der Waals surface area contributed by atoms with Gasteiger partial charge in [0.15, 0.2) is 22.6 Å². The Hall–Kier alpha value is -2.08. The van der Waals surface area contributed by atoms with E-state index in [9.17, 15) is 13.6 Å². The lowest BCUT2D eigenvalue weighted by Gasteiger charge is -2.06. The second kappa shape index (κ2) is 5.05. The monoisotopic (exact) mass is 269 g/mol. The SMILES string of the molecule is O=C(Nc1nccnc1Cl)c1cccc(F)c1F. The second-order valence-corrected chi connectivity index (χ2v) is 3.61. The molecule has 0 spiro atoms. The minimum atomic E-state index is -1.23. The van der Waals surface area contributed by atoms with E-state index < -0.39 is 23.1 Å². The van der Waals surface area contributed by atoms with Gasteiger partial charge in [0.25, 0.3) is 5.91 Å². The number of carbonyl (C=O) groups is 1. The van der Waals surface area contributed by atoms with Gasteiger partial charge in [0.1, 0.15) is 0 Å². The lowest BCUT2D eigenvalue weighted by molar-refractivity contribution is 0.102. The van der Waals surface area contributed by atoms with Gasteiger partial charge < -0.3 is 5.32 Å². The van der Waals surface area contributed by atoms with Crippen LogP contribution in [0.15, 0.2) is 30.6 Å². The summed E-state index contributed by atoms with van der Waals surface area (Å²) < 4.78 is 26.3. The first-order valence-electron chi connectivity index (χ1n) is 4.81. The molecule has 0 aliphatic heterocycles. The van der Waals surface area contributed by atoms with Crippen molar-refractivity contribution < 1.29 is 13.6 Å². The van der Waals surface area contributed by atoms with E-state index in [0.717, 1.165) is 12.1 Å². The summed E-state index contributed by atoms with van der Waals surface area (Å²) in [6.45, 7) is 0. The van der Waals surface area contributed by atoms with Crippen molar-refractivity contribution in [2.24, 2.45) is 0 Å². The zero-order valence-corrected chi connectivity index (χ0v) is 9.58. The minimum Gasteiger partial charge on any atom is -0.304 e. The molecule has 4 nitrogen and oxygen atoms in total. The summed E-state index contributed by atoms with van der Waals surface area (Å²) in [4.78, 5) is 19.1. The number of nitrogens with zero attached hydrogens (tertiary/aromatic N) is 2. The average molecular weight is 270 g/mol. The maximum Gasteiger partial charge on any atom is 0.259 e. The van der Waals surface area contributed by atoms with Crippen LogP contribution in [0.25, 0.3) is 0 Å². The number of hydrogen-bond donors (Lipinski definition) is 1. The molecule has 0 atom stereocenters. The number of amides is 1. The molecule has 2 aromatic rings. The summed E-state index contributed by atoms with van der Waals surface area (Å²) in [7, 11) is 0. The van der Waals surface area contributed by atoms with Crippen LogP contribution in [0.4, 0.5) is 14.6 Å². The van der Waals surface area contributed by atoms with Crippen molar-refractivity contribution in [1.29, 1.82) is 0 Å². The van der Waals surface area contributed by atoms with Gasteiger partial charge in [-0.25, -0.2) is 18.7 Å². The maximum absolute atomic E-state index is 13.4. The van der Waals surface area contributed by atoms with Gasteiger partial charge in [-0.1, -0.05) is 17.7 Å². The van der Waals surface area contributed by atoms with E-state index in [1.165, 1.54) is 18.5 Å². The van der Waals surface area contributed by atoms with Gasteiger partial charge in [-0.2, -0.15) is 0 Å². The molecule has 0 aliphatic rings. The van der Waals surface area contributed by atoms with Crippen molar-refractivity contribution in [1.82, 2.24) is 9.97 Å². The molecular weight excluding hydrogens is 264 g/mol. The van der Waals surface area contributed by atoms with Gasteiger partial charge >= 0.3 is 0 Å². The molecule has 1 aromatic heterocycles. The number of benzene rings is 1. The molecule has 2 rings (SSSR count). The molecule has 7 heteroatoms. The van der Waals surface area contributed by atoms with Gasteiger partial charge in [-0.05, 0) is 12.1 Å². The number of hydrogen-bond acceptors (Lipinski definition) is 3. The van der Waals surface area contributed by atoms with Crippen molar-refractivity contribution in [2.75, 3.05) is 5.32 Å². The highest BCUT2D eigenvalue weighted by molar-refractivity contribution is 6.32. The molecular formula is C11H6ClF2N3O. The third-order valence-electron chi connectivity index (χ3n) is 2.08. The van der Waals surface area contributed by atoms with Gasteiger partial charge in [-0.15, -0.1) is 0 Å². The minimum absolute atomic E-state index is 0.0205. The maximum atomic E-state index is 13.4. The summed E-state index contributed by atoms with van der Waals surface area (Å²) in [6.07, 6.45) is 2.64. The van der Waals surface area contributed by atoms with Crippen LogP contribution >= 0.6 is 11.6 Å². The largest absolute Gasteiger partial charge is 0.304 e. The number of rotatable bonds is 2. The van der Waals surface area contributed by atoms with Gasteiger partial charge in [-0.3, -0.25) is 4.79 Å². The van der Waals surface area contributed by atoms with E-state index >= 15 is 0 Å². The normalized spacial score (nSPS) is 10.2. The molecule has 0 fully saturated rings. The Bertz CT molecular complexity index is 607. The summed E-state index contributed by atoms with van der Waals surface area (Å²) in [5.74, 6) is -3.20.